The highest BCUT2D eigenvalue weighted by atomic mass is 32.2. The number of benzene rings is 1. The van der Waals surface area contributed by atoms with Gasteiger partial charge in [0.2, 0.25) is 5.78 Å². The molecule has 1 rings (SSSR count). The number of carbonyl (C=O) groups excluding carboxylic acids is 1. The number of rotatable bonds is 3. The van der Waals surface area contributed by atoms with Crippen molar-refractivity contribution >= 4 is 17.5 Å². The number of carbonyl (C=O) groups is 1. The Morgan fingerprint density at radius 3 is 2.06 bits per heavy atom. The van der Waals surface area contributed by atoms with Gasteiger partial charge in [0.1, 0.15) is 0 Å². The summed E-state index contributed by atoms with van der Waals surface area (Å²) in [6.45, 7) is 4.48. The summed E-state index contributed by atoms with van der Waals surface area (Å²) in [6.07, 6.45) is 0. The van der Waals surface area contributed by atoms with E-state index in [9.17, 15) is 13.6 Å². The van der Waals surface area contributed by atoms with Gasteiger partial charge in [0.25, 0.3) is 0 Å². The maximum absolute atomic E-state index is 13.6. The zero-order valence-electron chi connectivity index (χ0n) is 9.46. The Labute approximate surface area is 98.2 Å². The van der Waals surface area contributed by atoms with Crippen LogP contribution in [-0.4, -0.2) is 11.0 Å². The van der Waals surface area contributed by atoms with Crippen LogP contribution in [-0.2, 0) is 4.79 Å². The Kier molecular flexibility index (Phi) is 3.73. The van der Waals surface area contributed by atoms with Crippen molar-refractivity contribution in [2.45, 2.75) is 30.9 Å². The van der Waals surface area contributed by atoms with Gasteiger partial charge in [0.15, 0.2) is 0 Å². The van der Waals surface area contributed by atoms with Gasteiger partial charge in [-0.1, -0.05) is 39.0 Å². The van der Waals surface area contributed by atoms with E-state index in [1.54, 1.807) is 30.3 Å². The number of ketones is 1. The maximum atomic E-state index is 13.6. The predicted molar refractivity (Wildman–Crippen MR) is 61.7 cm³/mol. The molecule has 4 heteroatoms. The molecule has 0 aliphatic rings. The van der Waals surface area contributed by atoms with Crippen molar-refractivity contribution in [2.24, 2.45) is 5.41 Å². The monoisotopic (exact) mass is 244 g/mol. The second kappa shape index (κ2) is 4.53. The summed E-state index contributed by atoms with van der Waals surface area (Å²) < 4.78 is 27.2. The molecule has 0 aliphatic carbocycles. The molecule has 88 valence electrons. The van der Waals surface area contributed by atoms with Crippen LogP contribution in [0.2, 0.25) is 0 Å². The summed E-state index contributed by atoms with van der Waals surface area (Å²) in [6, 6.07) is 8.21. The zero-order valence-corrected chi connectivity index (χ0v) is 10.3. The molecule has 0 fully saturated rings. The van der Waals surface area contributed by atoms with Crippen LogP contribution >= 0.6 is 11.8 Å². The van der Waals surface area contributed by atoms with Crippen LogP contribution in [0.15, 0.2) is 35.2 Å². The number of alkyl halides is 2. The van der Waals surface area contributed by atoms with E-state index < -0.39 is 16.5 Å². The fourth-order valence-corrected chi connectivity index (χ4v) is 2.11. The van der Waals surface area contributed by atoms with Crippen LogP contribution in [0.4, 0.5) is 8.78 Å². The van der Waals surface area contributed by atoms with Crippen molar-refractivity contribution < 1.29 is 13.6 Å². The molecule has 0 spiro atoms. The lowest BCUT2D eigenvalue weighted by molar-refractivity contribution is -0.140. The second-order valence-corrected chi connectivity index (χ2v) is 5.70. The van der Waals surface area contributed by atoms with Gasteiger partial charge in [-0.2, -0.15) is 8.78 Å². The number of halogens is 2. The molecular formula is C12H14F2OS. The smallest absolute Gasteiger partial charge is 0.291 e. The van der Waals surface area contributed by atoms with Gasteiger partial charge in [-0.05, 0) is 23.9 Å². The van der Waals surface area contributed by atoms with Crippen molar-refractivity contribution in [1.29, 1.82) is 0 Å². The summed E-state index contributed by atoms with van der Waals surface area (Å²) >= 11 is 0.298. The average Bonchev–Trinajstić information content (AvgIpc) is 2.16. The molecule has 0 unspecified atom stereocenters. The average molecular weight is 244 g/mol. The third-order valence-electron chi connectivity index (χ3n) is 1.93. The molecule has 0 radical (unpaired) electrons. The van der Waals surface area contributed by atoms with E-state index in [0.29, 0.717) is 16.7 Å². The van der Waals surface area contributed by atoms with Crippen LogP contribution < -0.4 is 0 Å². The summed E-state index contributed by atoms with van der Waals surface area (Å²) in [7, 11) is 0. The molecule has 0 N–H and O–H groups in total. The number of Topliss-reactive ketones (excluding diaryl/α,β-unsaturated/α-hetero) is 1. The number of thioether (sulfide) groups is 1. The molecule has 1 nitrogen and oxygen atoms in total. The van der Waals surface area contributed by atoms with Gasteiger partial charge in [-0.3, -0.25) is 4.79 Å². The highest BCUT2D eigenvalue weighted by Crippen LogP contribution is 2.40. The maximum Gasteiger partial charge on any atom is 0.356 e. The minimum atomic E-state index is -3.38. The Hall–Kier alpha value is -0.900. The van der Waals surface area contributed by atoms with Gasteiger partial charge in [0.05, 0.1) is 0 Å². The number of hydrogen-bond donors (Lipinski definition) is 0. The molecule has 0 bridgehead atoms. The van der Waals surface area contributed by atoms with Crippen LogP contribution in [0.25, 0.3) is 0 Å². The third kappa shape index (κ3) is 3.30. The Morgan fingerprint density at radius 2 is 1.62 bits per heavy atom. The molecule has 1 aromatic carbocycles. The van der Waals surface area contributed by atoms with Crippen molar-refractivity contribution in [3.8, 4) is 0 Å². The quantitative estimate of drug-likeness (QED) is 0.748. The Morgan fingerprint density at radius 1 is 1.12 bits per heavy atom. The predicted octanol–water partition coefficient (Wildman–Crippen LogP) is 3.99. The summed E-state index contributed by atoms with van der Waals surface area (Å²) in [4.78, 5) is 11.9. The molecule has 0 aliphatic heterocycles. The van der Waals surface area contributed by atoms with Crippen molar-refractivity contribution in [3.05, 3.63) is 30.3 Å². The van der Waals surface area contributed by atoms with E-state index >= 15 is 0 Å². The van der Waals surface area contributed by atoms with E-state index in [0.717, 1.165) is 0 Å². The largest absolute Gasteiger partial charge is 0.356 e. The van der Waals surface area contributed by atoms with E-state index in [1.165, 1.54) is 20.8 Å². The zero-order chi connectivity index (χ0) is 12.4. The molecule has 0 amide bonds. The van der Waals surface area contributed by atoms with Crippen molar-refractivity contribution in [2.75, 3.05) is 0 Å². The van der Waals surface area contributed by atoms with E-state index in [-0.39, 0.29) is 0 Å². The standard InChI is InChI=1S/C12H14F2OS/c1-11(2,3)10(15)12(13,14)16-9-7-5-4-6-8-9/h4-8H,1-3H3. The molecule has 16 heavy (non-hydrogen) atoms. The lowest BCUT2D eigenvalue weighted by atomic mass is 9.91. The first kappa shape index (κ1) is 13.2. The van der Waals surface area contributed by atoms with E-state index in [4.69, 9.17) is 0 Å². The first-order chi connectivity index (χ1) is 7.23. The fourth-order valence-electron chi connectivity index (χ4n) is 1.12. The molecule has 0 saturated heterocycles. The minimum absolute atomic E-state index is 0.298. The summed E-state index contributed by atoms with van der Waals surface area (Å²) in [5.74, 6) is -1.05. The van der Waals surface area contributed by atoms with E-state index in [2.05, 4.69) is 0 Å². The molecule has 0 saturated carbocycles. The van der Waals surface area contributed by atoms with Crippen LogP contribution in [0.1, 0.15) is 20.8 Å². The van der Waals surface area contributed by atoms with Gasteiger partial charge >= 0.3 is 5.25 Å². The van der Waals surface area contributed by atoms with Gasteiger partial charge < -0.3 is 0 Å². The van der Waals surface area contributed by atoms with Crippen LogP contribution in [0.3, 0.4) is 0 Å². The Balaban J connectivity index is 2.84. The third-order valence-corrected chi connectivity index (χ3v) is 2.88. The normalized spacial score (nSPS) is 12.6. The topological polar surface area (TPSA) is 17.1 Å². The minimum Gasteiger partial charge on any atom is -0.291 e. The first-order valence-corrected chi connectivity index (χ1v) is 5.72. The number of hydrogen-bond acceptors (Lipinski definition) is 2. The van der Waals surface area contributed by atoms with Crippen LogP contribution in [0.5, 0.6) is 0 Å². The fraction of sp³-hybridized carbons (Fsp3) is 0.417. The second-order valence-electron chi connectivity index (χ2n) is 4.51. The molecule has 1 aromatic rings. The lowest BCUT2D eigenvalue weighted by Gasteiger charge is -2.23. The van der Waals surface area contributed by atoms with Crippen molar-refractivity contribution in [3.63, 3.8) is 0 Å². The highest BCUT2D eigenvalue weighted by Gasteiger charge is 2.45. The van der Waals surface area contributed by atoms with Crippen LogP contribution in [0, 0.1) is 5.41 Å². The Bertz CT molecular complexity index is 368. The molecule has 0 aromatic heterocycles. The molecule has 0 heterocycles. The van der Waals surface area contributed by atoms with Gasteiger partial charge in [-0.25, -0.2) is 0 Å². The van der Waals surface area contributed by atoms with Gasteiger partial charge in [0, 0.05) is 10.3 Å². The van der Waals surface area contributed by atoms with E-state index in [1.807, 2.05) is 0 Å². The molecular weight excluding hydrogens is 230 g/mol. The van der Waals surface area contributed by atoms with Gasteiger partial charge in [-0.15, -0.1) is 0 Å². The summed E-state index contributed by atoms with van der Waals surface area (Å²) in [5.41, 5.74) is -1.04. The molecule has 0 atom stereocenters. The van der Waals surface area contributed by atoms with Crippen molar-refractivity contribution in [1.82, 2.24) is 0 Å². The lowest BCUT2D eigenvalue weighted by Crippen LogP contribution is -2.35. The first-order valence-electron chi connectivity index (χ1n) is 4.90. The summed E-state index contributed by atoms with van der Waals surface area (Å²) in [5, 5.41) is -3.38. The highest BCUT2D eigenvalue weighted by molar-refractivity contribution is 8.01. The SMILES string of the molecule is CC(C)(C)C(=O)C(F)(F)Sc1ccccc1.